The second-order valence-corrected chi connectivity index (χ2v) is 7.08. The molecule has 1 N–H and O–H groups in total. The van der Waals surface area contributed by atoms with Gasteiger partial charge in [-0.2, -0.15) is 0 Å². The van der Waals surface area contributed by atoms with Crippen LogP contribution in [-0.4, -0.2) is 24.2 Å². The molecule has 1 aliphatic rings. The molecule has 2 aromatic rings. The predicted molar refractivity (Wildman–Crippen MR) is 106 cm³/mol. The van der Waals surface area contributed by atoms with Crippen molar-refractivity contribution < 1.29 is 14.3 Å². The van der Waals surface area contributed by atoms with E-state index in [1.807, 2.05) is 43.3 Å². The maximum absolute atomic E-state index is 13.0. The van der Waals surface area contributed by atoms with Gasteiger partial charge in [0.25, 0.3) is 5.91 Å². The summed E-state index contributed by atoms with van der Waals surface area (Å²) >= 11 is 0. The molecule has 140 valence electrons. The lowest BCUT2D eigenvalue weighted by Gasteiger charge is -2.28. The van der Waals surface area contributed by atoms with Gasteiger partial charge < -0.3 is 14.8 Å². The Balaban J connectivity index is 1.91. The van der Waals surface area contributed by atoms with Crippen LogP contribution in [-0.2, 0) is 9.53 Å². The molecule has 1 atom stereocenters. The van der Waals surface area contributed by atoms with Crippen molar-refractivity contribution in [3.05, 3.63) is 36.4 Å². The highest BCUT2D eigenvalue weighted by molar-refractivity contribution is 6.06. The Labute approximate surface area is 155 Å². The first-order chi connectivity index (χ1) is 12.6. The first-order valence-electron chi connectivity index (χ1n) is 9.73. The van der Waals surface area contributed by atoms with E-state index >= 15 is 0 Å². The van der Waals surface area contributed by atoms with Crippen LogP contribution in [0.4, 0.5) is 5.69 Å². The molecule has 1 saturated carbocycles. The molecule has 0 bridgehead atoms. The Bertz CT molecular complexity index is 765. The average Bonchev–Trinajstić information content (AvgIpc) is 3.14. The minimum atomic E-state index is -0.679. The highest BCUT2D eigenvalue weighted by atomic mass is 16.5. The zero-order chi connectivity index (χ0) is 18.6. The third-order valence-electron chi connectivity index (χ3n) is 5.28. The number of anilines is 1. The lowest BCUT2D eigenvalue weighted by molar-refractivity contribution is -0.140. The third-order valence-corrected chi connectivity index (χ3v) is 5.28. The standard InChI is InChI=1S/C22H29NO3/c1-4-16(3)26-20-13-12-19(17-10-6-7-11-18(17)20)23-21(24)22(25-5-2)14-8-9-15-22/h6-7,10-13,16H,4-5,8-9,14-15H2,1-3H3,(H,23,24). The van der Waals surface area contributed by atoms with Gasteiger partial charge in [-0.1, -0.05) is 31.2 Å². The van der Waals surface area contributed by atoms with Crippen molar-refractivity contribution >= 4 is 22.4 Å². The molecule has 3 rings (SSSR count). The van der Waals surface area contributed by atoms with Crippen molar-refractivity contribution in [2.45, 2.75) is 64.6 Å². The van der Waals surface area contributed by atoms with Crippen LogP contribution < -0.4 is 10.1 Å². The molecule has 4 nitrogen and oxygen atoms in total. The average molecular weight is 355 g/mol. The quantitative estimate of drug-likeness (QED) is 0.732. The van der Waals surface area contributed by atoms with Gasteiger partial charge in [0.05, 0.1) is 6.10 Å². The maximum Gasteiger partial charge on any atom is 0.256 e. The Morgan fingerprint density at radius 2 is 1.81 bits per heavy atom. The predicted octanol–water partition coefficient (Wildman–Crippen LogP) is 5.30. The van der Waals surface area contributed by atoms with Crippen molar-refractivity contribution in [1.29, 1.82) is 0 Å². The first-order valence-corrected chi connectivity index (χ1v) is 9.73. The normalized spacial score (nSPS) is 17.2. The fourth-order valence-corrected chi connectivity index (χ4v) is 3.68. The van der Waals surface area contributed by atoms with Gasteiger partial charge in [-0.05, 0) is 58.1 Å². The van der Waals surface area contributed by atoms with Gasteiger partial charge in [0.15, 0.2) is 0 Å². The van der Waals surface area contributed by atoms with Crippen LogP contribution in [0.5, 0.6) is 5.75 Å². The second kappa shape index (κ2) is 8.09. The molecule has 1 fully saturated rings. The Morgan fingerprint density at radius 1 is 1.12 bits per heavy atom. The molecule has 1 amide bonds. The van der Waals surface area contributed by atoms with E-state index in [4.69, 9.17) is 9.47 Å². The fraction of sp³-hybridized carbons (Fsp3) is 0.500. The number of nitrogens with one attached hydrogen (secondary N) is 1. The summed E-state index contributed by atoms with van der Waals surface area (Å²) in [5.74, 6) is 0.825. The summed E-state index contributed by atoms with van der Waals surface area (Å²) in [6, 6.07) is 11.9. The fourth-order valence-electron chi connectivity index (χ4n) is 3.68. The van der Waals surface area contributed by atoms with Crippen LogP contribution in [0.2, 0.25) is 0 Å². The molecule has 1 unspecified atom stereocenters. The lowest BCUT2D eigenvalue weighted by atomic mass is 10.00. The Morgan fingerprint density at radius 3 is 2.46 bits per heavy atom. The Hall–Kier alpha value is -2.07. The van der Waals surface area contributed by atoms with E-state index in [2.05, 4.69) is 19.2 Å². The SMILES string of the molecule is CCOC1(C(=O)Nc2ccc(OC(C)CC)c3ccccc23)CCCC1. The molecule has 2 aromatic carbocycles. The summed E-state index contributed by atoms with van der Waals surface area (Å²) in [5, 5.41) is 5.14. The largest absolute Gasteiger partial charge is 0.490 e. The molecule has 0 heterocycles. The van der Waals surface area contributed by atoms with Gasteiger partial charge in [-0.25, -0.2) is 0 Å². The topological polar surface area (TPSA) is 47.6 Å². The molecule has 4 heteroatoms. The molecule has 1 aliphatic carbocycles. The van der Waals surface area contributed by atoms with E-state index in [1.54, 1.807) is 0 Å². The minimum absolute atomic E-state index is 0.0300. The van der Waals surface area contributed by atoms with Crippen LogP contribution in [0, 0.1) is 0 Å². The smallest absolute Gasteiger partial charge is 0.256 e. The maximum atomic E-state index is 13.0. The number of rotatable bonds is 7. The number of benzene rings is 2. The van der Waals surface area contributed by atoms with Crippen molar-refractivity contribution in [1.82, 2.24) is 0 Å². The second-order valence-electron chi connectivity index (χ2n) is 7.08. The van der Waals surface area contributed by atoms with Crippen LogP contribution >= 0.6 is 0 Å². The molecule has 0 spiro atoms. The van der Waals surface area contributed by atoms with Gasteiger partial charge >= 0.3 is 0 Å². The zero-order valence-corrected chi connectivity index (χ0v) is 16.0. The summed E-state index contributed by atoms with van der Waals surface area (Å²) in [7, 11) is 0. The number of ether oxygens (including phenoxy) is 2. The number of amides is 1. The van der Waals surface area contributed by atoms with Crippen LogP contribution in [0.3, 0.4) is 0 Å². The zero-order valence-electron chi connectivity index (χ0n) is 16.0. The van der Waals surface area contributed by atoms with E-state index in [0.717, 1.165) is 54.3 Å². The Kier molecular flexibility index (Phi) is 5.82. The van der Waals surface area contributed by atoms with Gasteiger partial charge in [0.1, 0.15) is 11.4 Å². The van der Waals surface area contributed by atoms with Gasteiger partial charge in [0.2, 0.25) is 0 Å². The lowest BCUT2D eigenvalue weighted by Crippen LogP contribution is -2.43. The molecule has 0 saturated heterocycles. The van der Waals surface area contributed by atoms with E-state index in [-0.39, 0.29) is 12.0 Å². The molecule has 0 aromatic heterocycles. The number of carbonyl (C=O) groups excluding carboxylic acids is 1. The van der Waals surface area contributed by atoms with Crippen molar-refractivity contribution in [3.8, 4) is 5.75 Å². The summed E-state index contributed by atoms with van der Waals surface area (Å²) < 4.78 is 11.9. The number of hydrogen-bond donors (Lipinski definition) is 1. The molecular formula is C22H29NO3. The van der Waals surface area contributed by atoms with E-state index in [9.17, 15) is 4.79 Å². The third kappa shape index (κ3) is 3.70. The summed E-state index contributed by atoms with van der Waals surface area (Å²) in [5.41, 5.74) is 0.134. The summed E-state index contributed by atoms with van der Waals surface area (Å²) in [6.45, 7) is 6.67. The van der Waals surface area contributed by atoms with Gasteiger partial charge in [-0.15, -0.1) is 0 Å². The number of hydrogen-bond acceptors (Lipinski definition) is 3. The number of carbonyl (C=O) groups is 1. The van der Waals surface area contributed by atoms with Gasteiger partial charge in [-0.3, -0.25) is 4.79 Å². The van der Waals surface area contributed by atoms with Crippen molar-refractivity contribution in [2.24, 2.45) is 0 Å². The highest BCUT2D eigenvalue weighted by Crippen LogP contribution is 2.37. The van der Waals surface area contributed by atoms with Crippen molar-refractivity contribution in [2.75, 3.05) is 11.9 Å². The molecule has 0 aliphatic heterocycles. The van der Waals surface area contributed by atoms with Gasteiger partial charge in [0, 0.05) is 23.1 Å². The first kappa shape index (κ1) is 18.7. The van der Waals surface area contributed by atoms with Crippen LogP contribution in [0.25, 0.3) is 10.8 Å². The molecule has 0 radical (unpaired) electrons. The number of fused-ring (bicyclic) bond motifs is 1. The van der Waals surface area contributed by atoms with Crippen LogP contribution in [0.15, 0.2) is 36.4 Å². The van der Waals surface area contributed by atoms with E-state index in [0.29, 0.717) is 6.61 Å². The monoisotopic (exact) mass is 355 g/mol. The molecular weight excluding hydrogens is 326 g/mol. The molecule has 26 heavy (non-hydrogen) atoms. The highest BCUT2D eigenvalue weighted by Gasteiger charge is 2.42. The summed E-state index contributed by atoms with van der Waals surface area (Å²) in [4.78, 5) is 13.0. The summed E-state index contributed by atoms with van der Waals surface area (Å²) in [6.07, 6.45) is 4.76. The van der Waals surface area contributed by atoms with E-state index < -0.39 is 5.60 Å². The van der Waals surface area contributed by atoms with E-state index in [1.165, 1.54) is 0 Å². The van der Waals surface area contributed by atoms with Crippen LogP contribution in [0.1, 0.15) is 52.9 Å². The van der Waals surface area contributed by atoms with Crippen molar-refractivity contribution in [3.63, 3.8) is 0 Å². The minimum Gasteiger partial charge on any atom is -0.490 e.